The van der Waals surface area contributed by atoms with Crippen molar-refractivity contribution in [1.82, 2.24) is 0 Å². The minimum Gasteiger partial charge on any atom is -0.463 e. The first-order valence-corrected chi connectivity index (χ1v) is 10.8. The topological polar surface area (TPSA) is 18.5 Å². The van der Waals surface area contributed by atoms with E-state index in [0.29, 0.717) is 5.75 Å². The van der Waals surface area contributed by atoms with E-state index in [1.807, 2.05) is 48.5 Å². The van der Waals surface area contributed by atoms with Crippen molar-refractivity contribution in [3.63, 3.8) is 0 Å². The zero-order valence-corrected chi connectivity index (χ0v) is 18.8. The number of aryl methyl sites for hydroxylation is 1. The van der Waals surface area contributed by atoms with Crippen molar-refractivity contribution in [2.75, 3.05) is 0 Å². The number of benzene rings is 3. The number of rotatable bonds is 9. The maximum atomic E-state index is 5.95. The summed E-state index contributed by atoms with van der Waals surface area (Å²) in [5.74, 6) is 2.44. The van der Waals surface area contributed by atoms with Gasteiger partial charge in [0.2, 0.25) is 0 Å². The number of hydrogen-bond acceptors (Lipinski definition) is 2. The lowest BCUT2D eigenvalue weighted by Gasteiger charge is -2.25. The molecule has 0 unspecified atom stereocenters. The molecule has 0 spiro atoms. The molecular formula is C26H26Cl2O2. The van der Waals surface area contributed by atoms with Gasteiger partial charge < -0.3 is 9.47 Å². The lowest BCUT2D eigenvalue weighted by molar-refractivity contribution is 0.456. The summed E-state index contributed by atoms with van der Waals surface area (Å²) in [5.41, 5.74) is 2.63. The molecule has 0 aliphatic carbocycles. The minimum absolute atomic E-state index is 0.0661. The molecule has 0 fully saturated rings. The van der Waals surface area contributed by atoms with Gasteiger partial charge in [-0.2, -0.15) is 0 Å². The molecule has 30 heavy (non-hydrogen) atoms. The summed E-state index contributed by atoms with van der Waals surface area (Å²) in [6.45, 7) is 4.54. The molecule has 0 aliphatic heterocycles. The van der Waals surface area contributed by atoms with Crippen molar-refractivity contribution in [3.05, 3.63) is 101 Å². The number of hydrogen-bond donors (Lipinski definition) is 0. The van der Waals surface area contributed by atoms with Gasteiger partial charge >= 0.3 is 0 Å². The zero-order chi connectivity index (χ0) is 21.4. The van der Waals surface area contributed by atoms with Crippen LogP contribution >= 0.6 is 23.2 Å². The lowest BCUT2D eigenvalue weighted by Crippen LogP contribution is -2.17. The van der Waals surface area contributed by atoms with Gasteiger partial charge in [0.15, 0.2) is 0 Å². The minimum atomic E-state index is 0.0661. The Kier molecular flexibility index (Phi) is 7.84. The zero-order valence-electron chi connectivity index (χ0n) is 17.3. The first-order chi connectivity index (χ1) is 14.4. The van der Waals surface area contributed by atoms with Gasteiger partial charge in [0, 0.05) is 0 Å². The summed E-state index contributed by atoms with van der Waals surface area (Å²) in [7, 11) is 0. The molecule has 4 heteroatoms. The highest BCUT2D eigenvalue weighted by molar-refractivity contribution is 6.55. The Morgan fingerprint density at radius 1 is 0.833 bits per heavy atom. The monoisotopic (exact) mass is 440 g/mol. The average molecular weight is 441 g/mol. The lowest BCUT2D eigenvalue weighted by atomic mass is 9.80. The molecule has 0 aromatic heterocycles. The predicted molar refractivity (Wildman–Crippen MR) is 126 cm³/mol. The fourth-order valence-electron chi connectivity index (χ4n) is 3.37. The standard InChI is InChI=1S/C26H26Cl2O2/c1-26(2,21-13-15-22(16-14-21)29-19-25(27)28)17-7-9-20-8-6-12-24(18-20)30-23-10-4-3-5-11-23/h3-6,8,10-16,18-19H,7,9,17H2,1-2H3. The molecule has 0 atom stereocenters. The molecule has 2 nitrogen and oxygen atoms in total. The van der Waals surface area contributed by atoms with E-state index in [4.69, 9.17) is 32.7 Å². The highest BCUT2D eigenvalue weighted by Gasteiger charge is 2.20. The summed E-state index contributed by atoms with van der Waals surface area (Å²) in [6, 6.07) is 26.3. The van der Waals surface area contributed by atoms with E-state index in [9.17, 15) is 0 Å². The fourth-order valence-corrected chi connectivity index (χ4v) is 3.45. The van der Waals surface area contributed by atoms with Gasteiger partial charge in [-0.1, -0.05) is 79.5 Å². The third-order valence-corrected chi connectivity index (χ3v) is 5.24. The number of ether oxygens (including phenoxy) is 2. The quantitative estimate of drug-likeness (QED) is 0.310. The highest BCUT2D eigenvalue weighted by atomic mass is 35.5. The predicted octanol–water partition coefficient (Wildman–Crippen LogP) is 8.43. The van der Waals surface area contributed by atoms with Gasteiger partial charge in [0.05, 0.1) is 0 Å². The maximum Gasteiger partial charge on any atom is 0.141 e. The van der Waals surface area contributed by atoms with Crippen LogP contribution in [0.2, 0.25) is 0 Å². The smallest absolute Gasteiger partial charge is 0.141 e. The third-order valence-electron chi connectivity index (χ3n) is 5.06. The molecular weight excluding hydrogens is 415 g/mol. The first-order valence-electron chi connectivity index (χ1n) is 10.0. The van der Waals surface area contributed by atoms with Gasteiger partial charge in [0.1, 0.15) is 28.0 Å². The van der Waals surface area contributed by atoms with Crippen LogP contribution in [0.15, 0.2) is 89.6 Å². The van der Waals surface area contributed by atoms with Crippen molar-refractivity contribution in [3.8, 4) is 17.2 Å². The average Bonchev–Trinajstić information content (AvgIpc) is 2.73. The molecule has 3 aromatic rings. The second kappa shape index (κ2) is 10.6. The van der Waals surface area contributed by atoms with E-state index < -0.39 is 0 Å². The molecule has 0 heterocycles. The summed E-state index contributed by atoms with van der Waals surface area (Å²) in [6.07, 6.45) is 4.49. The van der Waals surface area contributed by atoms with E-state index >= 15 is 0 Å². The number of halogens is 2. The highest BCUT2D eigenvalue weighted by Crippen LogP contribution is 2.31. The normalized spacial score (nSPS) is 11.1. The van der Waals surface area contributed by atoms with Gasteiger partial charge in [-0.05, 0) is 72.2 Å². The summed E-state index contributed by atoms with van der Waals surface area (Å²) in [4.78, 5) is 0. The van der Waals surface area contributed by atoms with Crippen LogP contribution in [0.3, 0.4) is 0 Å². The Bertz CT molecular complexity index is 960. The summed E-state index contributed by atoms with van der Waals surface area (Å²) < 4.78 is 11.4. The molecule has 3 rings (SSSR count). The van der Waals surface area contributed by atoms with E-state index in [1.54, 1.807) is 0 Å². The Balaban J connectivity index is 1.55. The Morgan fingerprint density at radius 3 is 2.23 bits per heavy atom. The molecule has 0 saturated heterocycles. The fraction of sp³-hybridized carbons (Fsp3) is 0.231. The van der Waals surface area contributed by atoms with Crippen LogP contribution in [0.25, 0.3) is 0 Å². The SMILES string of the molecule is CC(C)(CCCc1cccc(Oc2ccccc2)c1)c1ccc(OC=C(Cl)Cl)cc1. The van der Waals surface area contributed by atoms with Crippen LogP contribution in [-0.4, -0.2) is 0 Å². The van der Waals surface area contributed by atoms with Crippen molar-refractivity contribution < 1.29 is 9.47 Å². The molecule has 0 N–H and O–H groups in total. The molecule has 0 saturated carbocycles. The molecule has 0 amide bonds. The summed E-state index contributed by atoms with van der Waals surface area (Å²) in [5, 5.41) is 0. The van der Waals surface area contributed by atoms with Crippen LogP contribution in [-0.2, 0) is 11.8 Å². The van der Waals surface area contributed by atoms with Crippen LogP contribution in [0, 0.1) is 0 Å². The Labute approximate surface area is 189 Å². The second-order valence-corrected chi connectivity index (χ2v) is 8.86. The van der Waals surface area contributed by atoms with Crippen molar-refractivity contribution in [2.45, 2.75) is 38.5 Å². The van der Waals surface area contributed by atoms with Crippen LogP contribution in [0.5, 0.6) is 17.2 Å². The van der Waals surface area contributed by atoms with Gasteiger partial charge in [-0.3, -0.25) is 0 Å². The number of para-hydroxylation sites is 1. The molecule has 0 radical (unpaired) electrons. The largest absolute Gasteiger partial charge is 0.463 e. The van der Waals surface area contributed by atoms with Crippen molar-refractivity contribution in [2.24, 2.45) is 0 Å². The van der Waals surface area contributed by atoms with Crippen LogP contribution < -0.4 is 9.47 Å². The van der Waals surface area contributed by atoms with Gasteiger partial charge in [-0.25, -0.2) is 0 Å². The van der Waals surface area contributed by atoms with E-state index in [2.05, 4.69) is 44.2 Å². The first kappa shape index (κ1) is 22.3. The van der Waals surface area contributed by atoms with Gasteiger partial charge in [0.25, 0.3) is 0 Å². The molecule has 0 aliphatic rings. The maximum absolute atomic E-state index is 5.95. The molecule has 156 valence electrons. The molecule has 3 aromatic carbocycles. The van der Waals surface area contributed by atoms with Crippen molar-refractivity contribution in [1.29, 1.82) is 0 Å². The van der Waals surface area contributed by atoms with E-state index in [0.717, 1.165) is 30.8 Å². The third kappa shape index (κ3) is 6.83. The Morgan fingerprint density at radius 2 is 1.53 bits per heavy atom. The van der Waals surface area contributed by atoms with Crippen molar-refractivity contribution >= 4 is 23.2 Å². The second-order valence-electron chi connectivity index (χ2n) is 7.85. The van der Waals surface area contributed by atoms with E-state index in [-0.39, 0.29) is 9.91 Å². The van der Waals surface area contributed by atoms with Crippen LogP contribution in [0.4, 0.5) is 0 Å². The molecule has 0 bridgehead atoms. The van der Waals surface area contributed by atoms with Gasteiger partial charge in [-0.15, -0.1) is 0 Å². The summed E-state index contributed by atoms with van der Waals surface area (Å²) >= 11 is 11.2. The Hall–Kier alpha value is -2.42. The van der Waals surface area contributed by atoms with Crippen LogP contribution in [0.1, 0.15) is 37.8 Å². The van der Waals surface area contributed by atoms with E-state index in [1.165, 1.54) is 17.4 Å².